The molecule has 0 N–H and O–H groups in total. The molecule has 0 saturated carbocycles. The largest absolute Gasteiger partial charge is 0.462 e. The smallest absolute Gasteiger partial charge is 0.293 e. The molecule has 0 bridgehead atoms. The molecule has 3 heteroatoms. The zero-order valence-electron chi connectivity index (χ0n) is 7.13. The third-order valence-corrected chi connectivity index (χ3v) is 1.73. The van der Waals surface area contributed by atoms with Gasteiger partial charge >= 0.3 is 0 Å². The van der Waals surface area contributed by atoms with Crippen LogP contribution in [0, 0.1) is 0 Å². The summed E-state index contributed by atoms with van der Waals surface area (Å²) >= 11 is 0. The molecule has 0 aliphatic heterocycles. The summed E-state index contributed by atoms with van der Waals surface area (Å²) in [5.41, 5.74) is 0. The van der Waals surface area contributed by atoms with Crippen molar-refractivity contribution in [2.75, 3.05) is 27.7 Å². The molecule has 0 spiro atoms. The van der Waals surface area contributed by atoms with E-state index in [9.17, 15) is 4.79 Å². The summed E-state index contributed by atoms with van der Waals surface area (Å²) in [6.07, 6.45) is 0. The number of hydrogen-bond donors (Lipinski definition) is 0. The second kappa shape index (κ2) is 3.56. The predicted octanol–water partition coefficient (Wildman–Crippen LogP) is 0.254. The monoisotopic (exact) mass is 146 g/mol. The van der Waals surface area contributed by atoms with E-state index in [1.165, 1.54) is 0 Å². The van der Waals surface area contributed by atoms with Crippen molar-refractivity contribution in [2.24, 2.45) is 0 Å². The lowest BCUT2D eigenvalue weighted by molar-refractivity contribution is -0.894. The average Bonchev–Trinajstić information content (AvgIpc) is 1.80. The summed E-state index contributed by atoms with van der Waals surface area (Å²) in [5.74, 6) is 0. The summed E-state index contributed by atoms with van der Waals surface area (Å²) < 4.78 is 5.44. The van der Waals surface area contributed by atoms with Crippen molar-refractivity contribution in [1.82, 2.24) is 0 Å². The Labute approximate surface area is 62.2 Å². The lowest BCUT2D eigenvalue weighted by Gasteiger charge is -2.30. The third kappa shape index (κ3) is 3.45. The maximum atomic E-state index is 9.81. The van der Waals surface area contributed by atoms with Gasteiger partial charge in [-0.25, -0.2) is 0 Å². The van der Waals surface area contributed by atoms with Gasteiger partial charge in [-0.05, 0) is 6.92 Å². The van der Waals surface area contributed by atoms with Crippen LogP contribution in [0.4, 0.5) is 0 Å². The second-order valence-electron chi connectivity index (χ2n) is 3.39. The molecule has 1 atom stereocenters. The van der Waals surface area contributed by atoms with Gasteiger partial charge in [0.25, 0.3) is 6.47 Å². The number of quaternary nitrogens is 1. The van der Waals surface area contributed by atoms with E-state index in [0.29, 0.717) is 19.1 Å². The Hall–Kier alpha value is -0.570. The molecule has 0 aromatic carbocycles. The molecule has 0 saturated heterocycles. The summed E-state index contributed by atoms with van der Waals surface area (Å²) in [6, 6.07) is 0.352. The first-order valence-electron chi connectivity index (χ1n) is 3.35. The van der Waals surface area contributed by atoms with Gasteiger partial charge in [0, 0.05) is 0 Å². The Morgan fingerprint density at radius 2 is 2.00 bits per heavy atom. The van der Waals surface area contributed by atoms with E-state index >= 15 is 0 Å². The minimum absolute atomic E-state index is 0.352. The van der Waals surface area contributed by atoms with E-state index in [1.54, 1.807) is 0 Å². The molecule has 0 rings (SSSR count). The minimum atomic E-state index is 0.352. The highest BCUT2D eigenvalue weighted by Crippen LogP contribution is 2.00. The number of rotatable bonds is 4. The maximum absolute atomic E-state index is 9.81. The van der Waals surface area contributed by atoms with Crippen molar-refractivity contribution in [2.45, 2.75) is 13.0 Å². The van der Waals surface area contributed by atoms with Gasteiger partial charge in [-0.1, -0.05) is 0 Å². The van der Waals surface area contributed by atoms with Gasteiger partial charge in [0.1, 0.15) is 12.6 Å². The molecule has 0 fully saturated rings. The molecule has 0 aromatic rings. The first kappa shape index (κ1) is 9.43. The van der Waals surface area contributed by atoms with Crippen molar-refractivity contribution in [3.63, 3.8) is 0 Å². The highest BCUT2D eigenvalue weighted by molar-refractivity contribution is 5.36. The first-order chi connectivity index (χ1) is 4.48. The standard InChI is InChI=1S/C7H16NO2/c1-7(5-10-6-9)8(2,3)4/h6-7H,5H2,1-4H3/q+1. The molecule has 0 radical (unpaired) electrons. The number of hydrogen-bond acceptors (Lipinski definition) is 2. The number of carbonyl (C=O) groups is 1. The molecule has 3 nitrogen and oxygen atoms in total. The van der Waals surface area contributed by atoms with Gasteiger partial charge < -0.3 is 9.22 Å². The van der Waals surface area contributed by atoms with E-state index in [0.717, 1.165) is 4.48 Å². The Balaban J connectivity index is 3.61. The number of nitrogens with zero attached hydrogens (tertiary/aromatic N) is 1. The maximum Gasteiger partial charge on any atom is 0.293 e. The lowest BCUT2D eigenvalue weighted by Crippen LogP contribution is -2.45. The molecule has 60 valence electrons. The quantitative estimate of drug-likeness (QED) is 0.420. The fourth-order valence-corrected chi connectivity index (χ4v) is 0.402. The van der Waals surface area contributed by atoms with Crippen LogP contribution in [0.15, 0.2) is 0 Å². The van der Waals surface area contributed by atoms with Crippen molar-refractivity contribution in [1.29, 1.82) is 0 Å². The van der Waals surface area contributed by atoms with Crippen LogP contribution < -0.4 is 0 Å². The van der Waals surface area contributed by atoms with Crippen LogP contribution in [-0.4, -0.2) is 44.7 Å². The molecule has 0 heterocycles. The van der Waals surface area contributed by atoms with E-state index in [1.807, 2.05) is 6.92 Å². The van der Waals surface area contributed by atoms with Crippen LogP contribution in [0.2, 0.25) is 0 Å². The Bertz CT molecular complexity index is 107. The van der Waals surface area contributed by atoms with E-state index in [2.05, 4.69) is 25.9 Å². The number of carbonyl (C=O) groups excluding carboxylic acids is 1. The van der Waals surface area contributed by atoms with Gasteiger partial charge in [-0.2, -0.15) is 0 Å². The van der Waals surface area contributed by atoms with Crippen LogP contribution in [0.1, 0.15) is 6.92 Å². The summed E-state index contributed by atoms with van der Waals surface area (Å²) in [5, 5.41) is 0. The molecule has 10 heavy (non-hydrogen) atoms. The van der Waals surface area contributed by atoms with E-state index in [4.69, 9.17) is 0 Å². The zero-order valence-corrected chi connectivity index (χ0v) is 7.13. The predicted molar refractivity (Wildman–Crippen MR) is 39.5 cm³/mol. The molecule has 1 unspecified atom stereocenters. The zero-order chi connectivity index (χ0) is 8.20. The van der Waals surface area contributed by atoms with Crippen LogP contribution in [0.5, 0.6) is 0 Å². The van der Waals surface area contributed by atoms with Gasteiger partial charge in [0.15, 0.2) is 0 Å². The Morgan fingerprint density at radius 3 is 2.30 bits per heavy atom. The van der Waals surface area contributed by atoms with Crippen molar-refractivity contribution < 1.29 is 14.0 Å². The van der Waals surface area contributed by atoms with Gasteiger partial charge in [0.05, 0.1) is 21.1 Å². The fourth-order valence-electron chi connectivity index (χ4n) is 0.402. The van der Waals surface area contributed by atoms with Crippen LogP contribution in [0.25, 0.3) is 0 Å². The van der Waals surface area contributed by atoms with Gasteiger partial charge in [-0.3, -0.25) is 4.79 Å². The van der Waals surface area contributed by atoms with Crippen LogP contribution in [0.3, 0.4) is 0 Å². The summed E-state index contributed by atoms with van der Waals surface area (Å²) in [6.45, 7) is 3.03. The SMILES string of the molecule is CC(COC=O)[N+](C)(C)C. The highest BCUT2D eigenvalue weighted by Gasteiger charge is 2.17. The average molecular weight is 146 g/mol. The van der Waals surface area contributed by atoms with Crippen molar-refractivity contribution >= 4 is 6.47 Å². The third-order valence-electron chi connectivity index (χ3n) is 1.73. The Morgan fingerprint density at radius 1 is 1.50 bits per heavy atom. The fraction of sp³-hybridized carbons (Fsp3) is 0.857. The molecular weight excluding hydrogens is 130 g/mol. The topological polar surface area (TPSA) is 26.3 Å². The van der Waals surface area contributed by atoms with Crippen molar-refractivity contribution in [3.8, 4) is 0 Å². The van der Waals surface area contributed by atoms with Crippen molar-refractivity contribution in [3.05, 3.63) is 0 Å². The van der Waals surface area contributed by atoms with Crippen LogP contribution >= 0.6 is 0 Å². The minimum Gasteiger partial charge on any atom is -0.462 e. The van der Waals surface area contributed by atoms with Crippen LogP contribution in [-0.2, 0) is 9.53 Å². The van der Waals surface area contributed by atoms with E-state index < -0.39 is 0 Å². The second-order valence-corrected chi connectivity index (χ2v) is 3.39. The first-order valence-corrected chi connectivity index (χ1v) is 3.35. The Kier molecular flexibility index (Phi) is 3.36. The molecular formula is C7H16NO2+. The lowest BCUT2D eigenvalue weighted by atomic mass is 10.3. The molecule has 0 aliphatic rings. The summed E-state index contributed by atoms with van der Waals surface area (Å²) in [4.78, 5) is 9.81. The molecule has 0 aromatic heterocycles. The van der Waals surface area contributed by atoms with Gasteiger partial charge in [0.2, 0.25) is 0 Å². The molecule has 0 amide bonds. The number of ether oxygens (including phenoxy) is 1. The van der Waals surface area contributed by atoms with Gasteiger partial charge in [-0.15, -0.1) is 0 Å². The normalized spacial score (nSPS) is 14.4. The van der Waals surface area contributed by atoms with E-state index in [-0.39, 0.29) is 0 Å². The summed E-state index contributed by atoms with van der Waals surface area (Å²) in [7, 11) is 6.20. The highest BCUT2D eigenvalue weighted by atomic mass is 16.5. The number of likely N-dealkylation sites (N-methyl/N-ethyl adjacent to an activating group) is 1. The molecule has 0 aliphatic carbocycles.